The molecule has 8 heteroatoms. The highest BCUT2D eigenvalue weighted by molar-refractivity contribution is 7.90. The van der Waals surface area contributed by atoms with Gasteiger partial charge >= 0.3 is 0 Å². The van der Waals surface area contributed by atoms with Gasteiger partial charge in [0, 0.05) is 18.5 Å². The Bertz CT molecular complexity index is 670. The van der Waals surface area contributed by atoms with Crippen molar-refractivity contribution in [2.45, 2.75) is 18.1 Å². The normalized spacial score (nSPS) is 19.8. The van der Waals surface area contributed by atoms with Crippen LogP contribution < -0.4 is 16.0 Å². The van der Waals surface area contributed by atoms with Crippen molar-refractivity contribution < 1.29 is 8.42 Å². The van der Waals surface area contributed by atoms with Crippen LogP contribution in [-0.4, -0.2) is 46.8 Å². The minimum Gasteiger partial charge on any atom is -0.354 e. The van der Waals surface area contributed by atoms with Gasteiger partial charge in [-0.05, 0) is 49.5 Å². The van der Waals surface area contributed by atoms with Gasteiger partial charge in [-0.15, -0.1) is 12.4 Å². The number of halogens is 1. The van der Waals surface area contributed by atoms with E-state index < -0.39 is 15.1 Å². The summed E-state index contributed by atoms with van der Waals surface area (Å²) in [5.74, 6) is 0.960. The Kier molecular flexibility index (Phi) is 6.48. The number of hydrogen-bond donors (Lipinski definition) is 3. The number of guanidine groups is 1. The summed E-state index contributed by atoms with van der Waals surface area (Å²) in [6, 6.07) is 7.70. The van der Waals surface area contributed by atoms with Crippen LogP contribution in [0.1, 0.15) is 23.7 Å². The van der Waals surface area contributed by atoms with Gasteiger partial charge in [-0.3, -0.25) is 4.99 Å². The molecule has 2 aliphatic heterocycles. The molecule has 134 valence electrons. The number of sulfone groups is 1. The highest BCUT2D eigenvalue weighted by Gasteiger charge is 2.32. The fourth-order valence-corrected chi connectivity index (χ4v) is 5.01. The summed E-state index contributed by atoms with van der Waals surface area (Å²) < 4.78 is 24.7. The van der Waals surface area contributed by atoms with Crippen LogP contribution in [0.5, 0.6) is 0 Å². The Hall–Kier alpha value is -1.31. The van der Waals surface area contributed by atoms with Crippen LogP contribution >= 0.6 is 12.4 Å². The first-order valence-corrected chi connectivity index (χ1v) is 10.0. The first-order valence-electron chi connectivity index (χ1n) is 8.09. The zero-order valence-corrected chi connectivity index (χ0v) is 15.4. The molecule has 1 aromatic rings. The number of piperidine rings is 1. The lowest BCUT2D eigenvalue weighted by Gasteiger charge is -2.30. The summed E-state index contributed by atoms with van der Waals surface area (Å²) >= 11 is 0. The van der Waals surface area contributed by atoms with E-state index in [2.05, 4.69) is 20.9 Å². The summed E-state index contributed by atoms with van der Waals surface area (Å²) in [6.45, 7) is 3.42. The molecule has 6 nitrogen and oxygen atoms in total. The Morgan fingerprint density at radius 3 is 2.38 bits per heavy atom. The number of benzene rings is 1. The van der Waals surface area contributed by atoms with Crippen LogP contribution in [0.25, 0.3) is 0 Å². The van der Waals surface area contributed by atoms with E-state index in [0.717, 1.165) is 56.2 Å². The van der Waals surface area contributed by atoms with Crippen LogP contribution in [0.2, 0.25) is 0 Å². The standard InChI is InChI=1S/C16H24N4O2S.ClH/c1-23(21,22)15(13-6-8-17-9-7-13)12-2-4-14(5-3-12)20-16-18-10-11-19-16;/h2-5,13,15,17H,6-11H2,1H3,(H2,18,19,20);1H. The molecule has 0 spiro atoms. The number of hydrogen-bond acceptors (Lipinski definition) is 6. The van der Waals surface area contributed by atoms with Crippen molar-refractivity contribution >= 4 is 33.9 Å². The molecule has 0 amide bonds. The molecular weight excluding hydrogens is 348 g/mol. The molecule has 1 saturated heterocycles. The third kappa shape index (κ3) is 4.62. The second-order valence-corrected chi connectivity index (χ2v) is 8.41. The topological polar surface area (TPSA) is 82.6 Å². The molecule has 3 N–H and O–H groups in total. The van der Waals surface area contributed by atoms with Gasteiger partial charge in [0.2, 0.25) is 0 Å². The lowest BCUT2D eigenvalue weighted by molar-refractivity contribution is 0.358. The lowest BCUT2D eigenvalue weighted by Crippen LogP contribution is -2.33. The molecule has 0 bridgehead atoms. The van der Waals surface area contributed by atoms with E-state index in [0.29, 0.717) is 0 Å². The van der Waals surface area contributed by atoms with Gasteiger partial charge < -0.3 is 16.0 Å². The summed E-state index contributed by atoms with van der Waals surface area (Å²) in [5.41, 5.74) is 1.80. The van der Waals surface area contributed by atoms with Crippen LogP contribution in [0.15, 0.2) is 29.3 Å². The smallest absolute Gasteiger partial charge is 0.195 e. The van der Waals surface area contributed by atoms with E-state index in [1.165, 1.54) is 6.26 Å². The molecule has 1 atom stereocenters. The van der Waals surface area contributed by atoms with Crippen molar-refractivity contribution in [3.63, 3.8) is 0 Å². The van der Waals surface area contributed by atoms with Gasteiger partial charge in [-0.2, -0.15) is 0 Å². The first kappa shape index (κ1) is 19.0. The third-order valence-electron chi connectivity index (χ3n) is 4.45. The van der Waals surface area contributed by atoms with Gasteiger partial charge in [-0.1, -0.05) is 12.1 Å². The van der Waals surface area contributed by atoms with Gasteiger partial charge in [0.05, 0.1) is 11.8 Å². The van der Waals surface area contributed by atoms with E-state index in [1.54, 1.807) is 0 Å². The maximum atomic E-state index is 12.3. The molecule has 0 radical (unpaired) electrons. The first-order chi connectivity index (χ1) is 11.0. The molecule has 0 aliphatic carbocycles. The molecule has 3 rings (SSSR count). The molecule has 1 unspecified atom stereocenters. The van der Waals surface area contributed by atoms with Gasteiger partial charge in [0.1, 0.15) is 0 Å². The summed E-state index contributed by atoms with van der Waals surface area (Å²) in [6.07, 6.45) is 3.15. The fraction of sp³-hybridized carbons (Fsp3) is 0.562. The SMILES string of the molecule is CS(=O)(=O)C(c1ccc(NC2=NCCN2)cc1)C1CCNCC1.Cl. The zero-order valence-electron chi connectivity index (χ0n) is 13.8. The molecule has 0 aromatic heterocycles. The monoisotopic (exact) mass is 372 g/mol. The Labute approximate surface area is 149 Å². The number of anilines is 1. The number of rotatable bonds is 4. The highest BCUT2D eigenvalue weighted by atomic mass is 35.5. The Balaban J connectivity index is 0.00000208. The number of aliphatic imine (C=N–C) groups is 1. The quantitative estimate of drug-likeness (QED) is 0.747. The Morgan fingerprint density at radius 2 is 1.83 bits per heavy atom. The number of nitrogens with one attached hydrogen (secondary N) is 3. The fourth-order valence-electron chi connectivity index (χ4n) is 3.39. The largest absolute Gasteiger partial charge is 0.354 e. The summed E-state index contributed by atoms with van der Waals surface area (Å²) in [4.78, 5) is 4.29. The third-order valence-corrected chi connectivity index (χ3v) is 6.03. The van der Waals surface area contributed by atoms with Crippen molar-refractivity contribution in [1.29, 1.82) is 0 Å². The van der Waals surface area contributed by atoms with E-state index >= 15 is 0 Å². The second kappa shape index (κ2) is 8.18. The summed E-state index contributed by atoms with van der Waals surface area (Å²) in [7, 11) is -3.14. The van der Waals surface area contributed by atoms with Crippen LogP contribution in [0.3, 0.4) is 0 Å². The van der Waals surface area contributed by atoms with E-state index in [4.69, 9.17) is 0 Å². The van der Waals surface area contributed by atoms with Crippen molar-refractivity contribution in [3.8, 4) is 0 Å². The van der Waals surface area contributed by atoms with E-state index in [-0.39, 0.29) is 18.3 Å². The molecule has 2 heterocycles. The lowest BCUT2D eigenvalue weighted by atomic mass is 9.90. The minimum atomic E-state index is -3.14. The second-order valence-electron chi connectivity index (χ2n) is 6.24. The average Bonchev–Trinajstić information content (AvgIpc) is 3.02. The maximum Gasteiger partial charge on any atom is 0.195 e. The number of nitrogens with zero attached hydrogens (tertiary/aromatic N) is 1. The van der Waals surface area contributed by atoms with Crippen LogP contribution in [0.4, 0.5) is 5.69 Å². The van der Waals surface area contributed by atoms with Gasteiger partial charge in [0.25, 0.3) is 0 Å². The average molecular weight is 373 g/mol. The van der Waals surface area contributed by atoms with E-state index in [1.807, 2.05) is 24.3 Å². The predicted octanol–water partition coefficient (Wildman–Crippen LogP) is 1.56. The minimum absolute atomic E-state index is 0. The summed E-state index contributed by atoms with van der Waals surface area (Å²) in [5, 5.41) is 9.24. The van der Waals surface area contributed by atoms with Crippen LogP contribution in [0, 0.1) is 5.92 Å². The maximum absolute atomic E-state index is 12.3. The predicted molar refractivity (Wildman–Crippen MR) is 101 cm³/mol. The molecule has 24 heavy (non-hydrogen) atoms. The van der Waals surface area contributed by atoms with Crippen molar-refractivity contribution in [2.24, 2.45) is 10.9 Å². The molecule has 2 aliphatic rings. The van der Waals surface area contributed by atoms with Crippen molar-refractivity contribution in [1.82, 2.24) is 10.6 Å². The molecule has 1 aromatic carbocycles. The van der Waals surface area contributed by atoms with Crippen molar-refractivity contribution in [2.75, 3.05) is 37.8 Å². The van der Waals surface area contributed by atoms with Gasteiger partial charge in [0.15, 0.2) is 15.8 Å². The van der Waals surface area contributed by atoms with Gasteiger partial charge in [-0.25, -0.2) is 8.42 Å². The molecular formula is C16H25ClN4O2S. The highest BCUT2D eigenvalue weighted by Crippen LogP contribution is 2.35. The van der Waals surface area contributed by atoms with Crippen molar-refractivity contribution in [3.05, 3.63) is 29.8 Å². The molecule has 1 fully saturated rings. The van der Waals surface area contributed by atoms with E-state index in [9.17, 15) is 8.42 Å². The molecule has 0 saturated carbocycles. The zero-order chi connectivity index (χ0) is 16.3. The Morgan fingerprint density at radius 1 is 1.17 bits per heavy atom. The van der Waals surface area contributed by atoms with Crippen LogP contribution in [-0.2, 0) is 9.84 Å².